The van der Waals surface area contributed by atoms with Crippen molar-refractivity contribution in [2.45, 2.75) is 64.3 Å². The van der Waals surface area contributed by atoms with E-state index in [1.165, 1.54) is 0 Å². The van der Waals surface area contributed by atoms with E-state index in [0.717, 1.165) is 11.1 Å². The highest BCUT2D eigenvalue weighted by Gasteiger charge is 2.38. The maximum atomic E-state index is 6.47. The Kier molecular flexibility index (Phi) is 8.84. The van der Waals surface area contributed by atoms with E-state index in [1.807, 2.05) is 42.5 Å². The average molecular weight is 413 g/mol. The molecule has 0 unspecified atom stereocenters. The lowest BCUT2D eigenvalue weighted by Crippen LogP contribution is -2.45. The fourth-order valence-electron chi connectivity index (χ4n) is 2.62. The third-order valence-electron chi connectivity index (χ3n) is 5.61. The van der Waals surface area contributed by atoms with Gasteiger partial charge in [-0.1, -0.05) is 87.5 Å². The van der Waals surface area contributed by atoms with Crippen LogP contribution in [0.1, 0.15) is 31.9 Å². The van der Waals surface area contributed by atoms with Gasteiger partial charge in [-0.05, 0) is 29.3 Å². The minimum absolute atomic E-state index is 0.144. The van der Waals surface area contributed by atoms with E-state index in [2.05, 4.69) is 64.7 Å². The first kappa shape index (κ1) is 23.6. The van der Waals surface area contributed by atoms with Gasteiger partial charge < -0.3 is 13.9 Å². The molecule has 2 aromatic carbocycles. The van der Waals surface area contributed by atoms with Gasteiger partial charge >= 0.3 is 0 Å². The minimum atomic E-state index is -1.89. The molecule has 0 aliphatic rings. The third-order valence-corrected chi connectivity index (χ3v) is 10.1. The zero-order valence-corrected chi connectivity index (χ0v) is 19.6. The highest BCUT2D eigenvalue weighted by atomic mass is 28.4. The maximum absolute atomic E-state index is 6.47. The summed E-state index contributed by atoms with van der Waals surface area (Å²) in [6.07, 6.45) is 1.36. The van der Waals surface area contributed by atoms with Crippen LogP contribution in [0.2, 0.25) is 18.1 Å². The summed E-state index contributed by atoms with van der Waals surface area (Å²) in [7, 11) is -1.89. The Labute approximate surface area is 177 Å². The molecular formula is C25H36O3Si. The Morgan fingerprint density at radius 1 is 0.862 bits per heavy atom. The van der Waals surface area contributed by atoms with Crippen molar-refractivity contribution in [1.82, 2.24) is 0 Å². The van der Waals surface area contributed by atoms with Crippen molar-refractivity contribution >= 4 is 8.32 Å². The minimum Gasteiger partial charge on any atom is -0.414 e. The topological polar surface area (TPSA) is 27.7 Å². The molecule has 4 heteroatoms. The highest BCUT2D eigenvalue weighted by Crippen LogP contribution is 2.36. The molecule has 0 aliphatic heterocycles. The van der Waals surface area contributed by atoms with Crippen molar-refractivity contribution in [2.75, 3.05) is 6.61 Å². The summed E-state index contributed by atoms with van der Waals surface area (Å²) in [6.45, 7) is 16.8. The molecule has 0 aromatic heterocycles. The van der Waals surface area contributed by atoms with Crippen LogP contribution in [0.15, 0.2) is 73.3 Å². The van der Waals surface area contributed by atoms with Gasteiger partial charge in [-0.3, -0.25) is 0 Å². The van der Waals surface area contributed by atoms with E-state index in [4.69, 9.17) is 13.9 Å². The first-order valence-corrected chi connectivity index (χ1v) is 13.2. The van der Waals surface area contributed by atoms with Gasteiger partial charge in [0.1, 0.15) is 12.2 Å². The summed E-state index contributed by atoms with van der Waals surface area (Å²) >= 11 is 0. The molecule has 0 fully saturated rings. The molecule has 0 saturated carbocycles. The SMILES string of the molecule is C=C[C@H](OCc1ccccc1)[C@@H](CO[Si](C)(C)C(C)(C)C)OCc1ccccc1. The maximum Gasteiger partial charge on any atom is 0.192 e. The molecule has 0 heterocycles. The van der Waals surface area contributed by atoms with Crippen molar-refractivity contribution in [3.63, 3.8) is 0 Å². The Morgan fingerprint density at radius 2 is 1.34 bits per heavy atom. The Morgan fingerprint density at radius 3 is 1.79 bits per heavy atom. The molecule has 0 saturated heterocycles. The van der Waals surface area contributed by atoms with Crippen LogP contribution in [0.3, 0.4) is 0 Å². The summed E-state index contributed by atoms with van der Waals surface area (Å²) < 4.78 is 18.9. The first-order valence-electron chi connectivity index (χ1n) is 10.3. The van der Waals surface area contributed by atoms with Gasteiger partial charge in [-0.2, -0.15) is 0 Å². The monoisotopic (exact) mass is 412 g/mol. The van der Waals surface area contributed by atoms with Crippen LogP contribution in [0.25, 0.3) is 0 Å². The summed E-state index contributed by atoms with van der Waals surface area (Å²) in [4.78, 5) is 0. The van der Waals surface area contributed by atoms with Gasteiger partial charge in [0.15, 0.2) is 8.32 Å². The average Bonchev–Trinajstić information content (AvgIpc) is 2.70. The number of hydrogen-bond acceptors (Lipinski definition) is 3. The van der Waals surface area contributed by atoms with Crippen LogP contribution in [-0.4, -0.2) is 27.1 Å². The van der Waals surface area contributed by atoms with Crippen LogP contribution in [0.4, 0.5) is 0 Å². The molecule has 0 radical (unpaired) electrons. The third kappa shape index (κ3) is 7.55. The van der Waals surface area contributed by atoms with Gasteiger partial charge in [0.05, 0.1) is 19.8 Å². The molecule has 0 amide bonds. The van der Waals surface area contributed by atoms with E-state index in [-0.39, 0.29) is 17.2 Å². The van der Waals surface area contributed by atoms with Crippen LogP contribution < -0.4 is 0 Å². The van der Waals surface area contributed by atoms with Crippen molar-refractivity contribution in [3.05, 3.63) is 84.4 Å². The number of hydrogen-bond donors (Lipinski definition) is 0. The van der Waals surface area contributed by atoms with E-state index in [1.54, 1.807) is 0 Å². The summed E-state index contributed by atoms with van der Waals surface area (Å²) in [6, 6.07) is 20.4. The molecular weight excluding hydrogens is 376 g/mol. The quantitative estimate of drug-likeness (QED) is 0.317. The van der Waals surface area contributed by atoms with Gasteiger partial charge in [-0.15, -0.1) is 6.58 Å². The zero-order valence-electron chi connectivity index (χ0n) is 18.6. The lowest BCUT2D eigenvalue weighted by Gasteiger charge is -2.38. The van der Waals surface area contributed by atoms with Crippen molar-refractivity contribution in [3.8, 4) is 0 Å². The summed E-state index contributed by atoms with van der Waals surface area (Å²) in [5.74, 6) is 0. The van der Waals surface area contributed by atoms with Crippen LogP contribution in [0, 0.1) is 0 Å². The number of ether oxygens (including phenoxy) is 2. The molecule has 0 bridgehead atoms. The zero-order chi connectivity index (χ0) is 21.3. The van der Waals surface area contributed by atoms with Crippen molar-refractivity contribution < 1.29 is 13.9 Å². The predicted octanol–water partition coefficient (Wildman–Crippen LogP) is 6.37. The fraction of sp³-hybridized carbons (Fsp3) is 0.440. The first-order chi connectivity index (χ1) is 13.7. The fourth-order valence-corrected chi connectivity index (χ4v) is 3.63. The second-order valence-corrected chi connectivity index (χ2v) is 13.7. The van der Waals surface area contributed by atoms with Crippen molar-refractivity contribution in [1.29, 1.82) is 0 Å². The molecule has 0 N–H and O–H groups in total. The second-order valence-electron chi connectivity index (χ2n) is 8.90. The molecule has 29 heavy (non-hydrogen) atoms. The van der Waals surface area contributed by atoms with Gasteiger partial charge in [0.25, 0.3) is 0 Å². The smallest absolute Gasteiger partial charge is 0.192 e. The highest BCUT2D eigenvalue weighted by molar-refractivity contribution is 6.74. The molecule has 2 aromatic rings. The normalized spacial score (nSPS) is 14.4. The van der Waals surface area contributed by atoms with Crippen LogP contribution >= 0.6 is 0 Å². The molecule has 2 atom stereocenters. The van der Waals surface area contributed by atoms with Crippen molar-refractivity contribution in [2.24, 2.45) is 0 Å². The lowest BCUT2D eigenvalue weighted by atomic mass is 10.2. The standard InChI is InChI=1S/C25H36O3Si/c1-7-23(26-18-21-14-10-8-11-15-21)24(20-28-29(5,6)25(2,3)4)27-19-22-16-12-9-13-17-22/h7-17,23-24H,1,18-20H2,2-6H3/t23-,24+/m0/s1. The van der Waals surface area contributed by atoms with Crippen LogP contribution in [-0.2, 0) is 27.1 Å². The molecule has 0 aliphatic carbocycles. The second kappa shape index (κ2) is 10.9. The lowest BCUT2D eigenvalue weighted by molar-refractivity contribution is -0.0823. The Bertz CT molecular complexity index is 723. The van der Waals surface area contributed by atoms with Gasteiger partial charge in [0.2, 0.25) is 0 Å². The Balaban J connectivity index is 2.07. The van der Waals surface area contributed by atoms with E-state index >= 15 is 0 Å². The largest absolute Gasteiger partial charge is 0.414 e. The van der Waals surface area contributed by atoms with E-state index < -0.39 is 8.32 Å². The number of rotatable bonds is 11. The van der Waals surface area contributed by atoms with Crippen LogP contribution in [0.5, 0.6) is 0 Å². The molecule has 3 nitrogen and oxygen atoms in total. The van der Waals surface area contributed by atoms with E-state index in [9.17, 15) is 0 Å². The van der Waals surface area contributed by atoms with Gasteiger partial charge in [-0.25, -0.2) is 0 Å². The molecule has 0 spiro atoms. The van der Waals surface area contributed by atoms with E-state index in [0.29, 0.717) is 19.8 Å². The number of benzene rings is 2. The summed E-state index contributed by atoms with van der Waals surface area (Å²) in [5.41, 5.74) is 2.27. The predicted molar refractivity (Wildman–Crippen MR) is 123 cm³/mol. The molecule has 158 valence electrons. The Hall–Kier alpha value is -1.72. The summed E-state index contributed by atoms with van der Waals surface area (Å²) in [5, 5.41) is 0.144. The van der Waals surface area contributed by atoms with Gasteiger partial charge in [0, 0.05) is 0 Å². The molecule has 2 rings (SSSR count).